The van der Waals surface area contributed by atoms with Gasteiger partial charge in [0.25, 0.3) is 0 Å². The van der Waals surface area contributed by atoms with E-state index in [1.54, 1.807) is 16.2 Å². The topological polar surface area (TPSA) is 33.5 Å². The zero-order valence-electron chi connectivity index (χ0n) is 12.8. The van der Waals surface area contributed by atoms with E-state index in [2.05, 4.69) is 11.4 Å². The molecular formula is C18H19NO2S. The number of benzene rings is 1. The van der Waals surface area contributed by atoms with Gasteiger partial charge in [0.1, 0.15) is 11.3 Å². The lowest BCUT2D eigenvalue weighted by molar-refractivity contribution is -0.132. The lowest BCUT2D eigenvalue weighted by Gasteiger charge is -2.23. The Labute approximate surface area is 134 Å². The van der Waals surface area contributed by atoms with Gasteiger partial charge in [0.15, 0.2) is 0 Å². The van der Waals surface area contributed by atoms with Crippen molar-refractivity contribution < 1.29 is 9.21 Å². The third-order valence-electron chi connectivity index (χ3n) is 4.04. The quantitative estimate of drug-likeness (QED) is 0.687. The summed E-state index contributed by atoms with van der Waals surface area (Å²) in [7, 11) is 1.84. The molecule has 0 radical (unpaired) electrons. The van der Waals surface area contributed by atoms with Gasteiger partial charge in [-0.2, -0.15) is 11.3 Å². The van der Waals surface area contributed by atoms with Crippen LogP contribution in [0, 0.1) is 0 Å². The van der Waals surface area contributed by atoms with Crippen LogP contribution in [-0.2, 0) is 11.2 Å². The Morgan fingerprint density at radius 2 is 2.14 bits per heavy atom. The molecule has 1 amide bonds. The molecular weight excluding hydrogens is 294 g/mol. The normalized spacial score (nSPS) is 12.5. The summed E-state index contributed by atoms with van der Waals surface area (Å²) in [6, 6.07) is 11.9. The molecule has 0 aliphatic heterocycles. The summed E-state index contributed by atoms with van der Waals surface area (Å²) >= 11 is 1.67. The molecule has 1 aromatic carbocycles. The minimum absolute atomic E-state index is 0.0672. The predicted octanol–water partition coefficient (Wildman–Crippen LogP) is 4.65. The van der Waals surface area contributed by atoms with Crippen LogP contribution in [0.4, 0.5) is 0 Å². The Balaban J connectivity index is 1.67. The van der Waals surface area contributed by atoms with Crippen molar-refractivity contribution in [1.29, 1.82) is 0 Å². The second kappa shape index (κ2) is 6.36. The van der Waals surface area contributed by atoms with Gasteiger partial charge in [-0.15, -0.1) is 0 Å². The highest BCUT2D eigenvalue weighted by atomic mass is 32.1. The first kappa shape index (κ1) is 14.9. The summed E-state index contributed by atoms with van der Waals surface area (Å²) in [5.41, 5.74) is 2.09. The number of para-hydroxylation sites is 1. The summed E-state index contributed by atoms with van der Waals surface area (Å²) in [4.78, 5) is 14.1. The largest absolute Gasteiger partial charge is 0.459 e. The number of nitrogens with zero attached hydrogens (tertiary/aromatic N) is 1. The average Bonchev–Trinajstić information content (AvgIpc) is 3.19. The van der Waals surface area contributed by atoms with Crippen LogP contribution in [0.25, 0.3) is 11.0 Å². The smallest absolute Gasteiger partial charge is 0.223 e. The molecule has 114 valence electrons. The number of carbonyl (C=O) groups excluding carboxylic acids is 1. The van der Waals surface area contributed by atoms with Gasteiger partial charge in [-0.05, 0) is 47.9 Å². The lowest BCUT2D eigenvalue weighted by Crippen LogP contribution is -2.29. The summed E-state index contributed by atoms with van der Waals surface area (Å²) in [6.07, 6.45) is 1.32. The van der Waals surface area contributed by atoms with Gasteiger partial charge < -0.3 is 9.32 Å². The first-order chi connectivity index (χ1) is 10.6. The van der Waals surface area contributed by atoms with E-state index in [4.69, 9.17) is 4.42 Å². The number of furan rings is 1. The van der Waals surface area contributed by atoms with Gasteiger partial charge in [-0.3, -0.25) is 4.79 Å². The van der Waals surface area contributed by atoms with Gasteiger partial charge in [0, 0.05) is 18.9 Å². The van der Waals surface area contributed by atoms with Crippen molar-refractivity contribution in [2.24, 2.45) is 0 Å². The maximum Gasteiger partial charge on any atom is 0.223 e. The van der Waals surface area contributed by atoms with Gasteiger partial charge in [-0.1, -0.05) is 18.2 Å². The van der Waals surface area contributed by atoms with Crippen molar-refractivity contribution >= 4 is 28.2 Å². The van der Waals surface area contributed by atoms with E-state index in [0.29, 0.717) is 6.42 Å². The van der Waals surface area contributed by atoms with Crippen LogP contribution in [-0.4, -0.2) is 17.9 Å². The molecule has 0 aliphatic carbocycles. The summed E-state index contributed by atoms with van der Waals surface area (Å²) < 4.78 is 5.86. The van der Waals surface area contributed by atoms with Crippen molar-refractivity contribution in [2.45, 2.75) is 25.8 Å². The van der Waals surface area contributed by atoms with Crippen LogP contribution in [0.5, 0.6) is 0 Å². The molecule has 0 aliphatic rings. The molecule has 3 rings (SSSR count). The van der Waals surface area contributed by atoms with Gasteiger partial charge in [-0.25, -0.2) is 0 Å². The van der Waals surface area contributed by atoms with Crippen molar-refractivity contribution in [3.63, 3.8) is 0 Å². The molecule has 0 bridgehead atoms. The Morgan fingerprint density at radius 3 is 2.86 bits per heavy atom. The third-order valence-corrected chi connectivity index (χ3v) is 4.77. The molecule has 0 saturated heterocycles. The summed E-state index contributed by atoms with van der Waals surface area (Å²) in [6.45, 7) is 2.00. The molecule has 0 saturated carbocycles. The van der Waals surface area contributed by atoms with E-state index in [-0.39, 0.29) is 11.9 Å². The van der Waals surface area contributed by atoms with E-state index >= 15 is 0 Å². The van der Waals surface area contributed by atoms with E-state index in [9.17, 15) is 4.79 Å². The maximum absolute atomic E-state index is 12.4. The van der Waals surface area contributed by atoms with E-state index in [1.807, 2.05) is 49.7 Å². The van der Waals surface area contributed by atoms with Crippen LogP contribution in [0.2, 0.25) is 0 Å². The summed E-state index contributed by atoms with van der Waals surface area (Å²) in [5, 5.41) is 5.21. The lowest BCUT2D eigenvalue weighted by atomic mass is 10.1. The van der Waals surface area contributed by atoms with Crippen molar-refractivity contribution in [2.75, 3.05) is 7.05 Å². The standard InChI is InChI=1S/C18H19NO2S/c1-13(17-11-15-5-3-4-6-16(15)21-17)19(2)18(20)8-7-14-9-10-22-12-14/h3-6,9-13H,7-8H2,1-2H3. The molecule has 0 N–H and O–H groups in total. The number of amides is 1. The fourth-order valence-corrected chi connectivity index (χ4v) is 3.18. The minimum atomic E-state index is -0.0672. The van der Waals surface area contributed by atoms with Crippen LogP contribution in [0.3, 0.4) is 0 Å². The number of carbonyl (C=O) groups is 1. The number of rotatable bonds is 5. The van der Waals surface area contributed by atoms with E-state index in [0.717, 1.165) is 23.2 Å². The number of aryl methyl sites for hydroxylation is 1. The Bertz CT molecular complexity index is 727. The predicted molar refractivity (Wildman–Crippen MR) is 90.0 cm³/mol. The van der Waals surface area contributed by atoms with Crippen LogP contribution in [0.15, 0.2) is 51.6 Å². The molecule has 3 aromatic rings. The average molecular weight is 313 g/mol. The van der Waals surface area contributed by atoms with Crippen molar-refractivity contribution in [1.82, 2.24) is 4.90 Å². The first-order valence-electron chi connectivity index (χ1n) is 7.40. The van der Waals surface area contributed by atoms with Gasteiger partial charge >= 0.3 is 0 Å². The number of fused-ring (bicyclic) bond motifs is 1. The van der Waals surface area contributed by atoms with E-state index < -0.39 is 0 Å². The fraction of sp³-hybridized carbons (Fsp3) is 0.278. The van der Waals surface area contributed by atoms with Crippen molar-refractivity contribution in [3.05, 3.63) is 58.5 Å². The number of hydrogen-bond acceptors (Lipinski definition) is 3. The molecule has 4 heteroatoms. The zero-order valence-corrected chi connectivity index (χ0v) is 13.6. The Hall–Kier alpha value is -2.07. The van der Waals surface area contributed by atoms with E-state index in [1.165, 1.54) is 5.56 Å². The Morgan fingerprint density at radius 1 is 1.32 bits per heavy atom. The molecule has 2 aromatic heterocycles. The van der Waals surface area contributed by atoms with Crippen molar-refractivity contribution in [3.8, 4) is 0 Å². The van der Waals surface area contributed by atoms with Crippen LogP contribution >= 0.6 is 11.3 Å². The SMILES string of the molecule is CC(c1cc2ccccc2o1)N(C)C(=O)CCc1ccsc1. The maximum atomic E-state index is 12.4. The minimum Gasteiger partial charge on any atom is -0.459 e. The monoisotopic (exact) mass is 313 g/mol. The molecule has 0 spiro atoms. The third kappa shape index (κ3) is 3.07. The zero-order chi connectivity index (χ0) is 15.5. The highest BCUT2D eigenvalue weighted by molar-refractivity contribution is 7.07. The highest BCUT2D eigenvalue weighted by Crippen LogP contribution is 2.27. The molecule has 22 heavy (non-hydrogen) atoms. The number of thiophene rings is 1. The first-order valence-corrected chi connectivity index (χ1v) is 8.34. The fourth-order valence-electron chi connectivity index (χ4n) is 2.48. The Kier molecular flexibility index (Phi) is 4.29. The van der Waals surface area contributed by atoms with Crippen LogP contribution < -0.4 is 0 Å². The molecule has 3 nitrogen and oxygen atoms in total. The molecule has 2 heterocycles. The molecule has 1 unspecified atom stereocenters. The second-order valence-electron chi connectivity index (χ2n) is 5.50. The molecule has 1 atom stereocenters. The molecule has 0 fully saturated rings. The second-order valence-corrected chi connectivity index (χ2v) is 6.28. The van der Waals surface area contributed by atoms with Gasteiger partial charge in [0.2, 0.25) is 5.91 Å². The van der Waals surface area contributed by atoms with Gasteiger partial charge in [0.05, 0.1) is 6.04 Å². The van der Waals surface area contributed by atoms with Crippen LogP contribution in [0.1, 0.15) is 30.7 Å². The number of hydrogen-bond donors (Lipinski definition) is 0. The highest BCUT2D eigenvalue weighted by Gasteiger charge is 2.20. The summed E-state index contributed by atoms with van der Waals surface area (Å²) in [5.74, 6) is 0.965.